The fourth-order valence-electron chi connectivity index (χ4n) is 3.40. The van der Waals surface area contributed by atoms with Gasteiger partial charge in [-0.05, 0) is 61.7 Å². The van der Waals surface area contributed by atoms with Crippen LogP contribution in [0.5, 0.6) is 5.75 Å². The van der Waals surface area contributed by atoms with E-state index in [2.05, 4.69) is 5.32 Å². The van der Waals surface area contributed by atoms with Gasteiger partial charge < -0.3 is 15.0 Å². The predicted octanol–water partition coefficient (Wildman–Crippen LogP) is 2.65. The van der Waals surface area contributed by atoms with E-state index in [0.29, 0.717) is 42.0 Å². The van der Waals surface area contributed by atoms with E-state index >= 15 is 0 Å². The molecule has 29 heavy (non-hydrogen) atoms. The molecule has 1 atom stereocenters. The fourth-order valence-corrected chi connectivity index (χ4v) is 4.05. The van der Waals surface area contributed by atoms with Gasteiger partial charge in [0.05, 0.1) is 12.0 Å². The van der Waals surface area contributed by atoms with E-state index in [9.17, 15) is 18.0 Å². The van der Waals surface area contributed by atoms with Gasteiger partial charge in [-0.25, -0.2) is 8.42 Å². The number of carbonyl (C=O) groups excluding carboxylic acids is 2. The number of sulfone groups is 1. The Kier molecular flexibility index (Phi) is 5.93. The third-order valence-corrected chi connectivity index (χ3v) is 6.15. The van der Waals surface area contributed by atoms with Crippen LogP contribution in [0.3, 0.4) is 0 Å². The van der Waals surface area contributed by atoms with Crippen molar-refractivity contribution in [3.05, 3.63) is 53.6 Å². The summed E-state index contributed by atoms with van der Waals surface area (Å²) in [6.45, 7) is 2.20. The van der Waals surface area contributed by atoms with Crippen molar-refractivity contribution in [2.75, 3.05) is 25.2 Å². The zero-order valence-corrected chi connectivity index (χ0v) is 17.5. The van der Waals surface area contributed by atoms with Gasteiger partial charge in [0.25, 0.3) is 5.91 Å². The second-order valence-corrected chi connectivity index (χ2v) is 9.14. The van der Waals surface area contributed by atoms with Crippen molar-refractivity contribution in [1.29, 1.82) is 0 Å². The number of carbonyl (C=O) groups is 2. The van der Waals surface area contributed by atoms with Crippen molar-refractivity contribution < 1.29 is 22.7 Å². The monoisotopic (exact) mass is 416 g/mol. The topological polar surface area (TPSA) is 92.8 Å². The van der Waals surface area contributed by atoms with Crippen molar-refractivity contribution in [2.24, 2.45) is 0 Å². The summed E-state index contributed by atoms with van der Waals surface area (Å²) < 4.78 is 28.8. The minimum absolute atomic E-state index is 0.0879. The van der Waals surface area contributed by atoms with Gasteiger partial charge in [-0.3, -0.25) is 9.59 Å². The van der Waals surface area contributed by atoms with Crippen LogP contribution >= 0.6 is 0 Å². The SMILES string of the molecule is COc1ccc(NC(=O)C2CCCN2C(=O)c2cc(S(C)(=O)=O)ccc2C)cc1. The lowest BCUT2D eigenvalue weighted by Crippen LogP contribution is -2.43. The molecule has 1 aliphatic heterocycles. The molecule has 154 valence electrons. The highest BCUT2D eigenvalue weighted by atomic mass is 32.2. The average Bonchev–Trinajstić information content (AvgIpc) is 3.17. The molecular weight excluding hydrogens is 392 g/mol. The number of methoxy groups -OCH3 is 1. The molecule has 1 N–H and O–H groups in total. The molecular formula is C21H24N2O5S. The zero-order chi connectivity index (χ0) is 21.2. The lowest BCUT2D eigenvalue weighted by molar-refractivity contribution is -0.119. The largest absolute Gasteiger partial charge is 0.497 e. The minimum Gasteiger partial charge on any atom is -0.497 e. The van der Waals surface area contributed by atoms with Gasteiger partial charge in [-0.1, -0.05) is 6.07 Å². The summed E-state index contributed by atoms with van der Waals surface area (Å²) in [5.74, 6) is 0.0835. The molecule has 1 saturated heterocycles. The average molecular weight is 416 g/mol. The standard InChI is InChI=1S/C21H24N2O5S/c1-14-6-11-17(29(3,26)27)13-18(14)21(25)23-12-4-5-19(23)20(24)22-15-7-9-16(28-2)10-8-15/h6-11,13,19H,4-5,12H2,1-3H3,(H,22,24). The summed E-state index contributed by atoms with van der Waals surface area (Å²) in [4.78, 5) is 27.5. The molecule has 0 spiro atoms. The van der Waals surface area contributed by atoms with Crippen LogP contribution < -0.4 is 10.1 Å². The Morgan fingerprint density at radius 3 is 2.45 bits per heavy atom. The Labute approximate surface area is 170 Å². The van der Waals surface area contributed by atoms with Gasteiger partial charge in [0.1, 0.15) is 11.8 Å². The molecule has 1 fully saturated rings. The summed E-state index contributed by atoms with van der Waals surface area (Å²) >= 11 is 0. The number of amides is 2. The number of anilines is 1. The van der Waals surface area contributed by atoms with Gasteiger partial charge >= 0.3 is 0 Å². The van der Waals surface area contributed by atoms with E-state index in [4.69, 9.17) is 4.74 Å². The maximum atomic E-state index is 13.1. The highest BCUT2D eigenvalue weighted by Crippen LogP contribution is 2.25. The van der Waals surface area contributed by atoms with Crippen molar-refractivity contribution in [2.45, 2.75) is 30.7 Å². The quantitative estimate of drug-likeness (QED) is 0.809. The van der Waals surface area contributed by atoms with E-state index < -0.39 is 15.9 Å². The first-order valence-electron chi connectivity index (χ1n) is 9.27. The summed E-state index contributed by atoms with van der Waals surface area (Å²) in [5, 5.41) is 2.84. The van der Waals surface area contributed by atoms with Crippen molar-refractivity contribution in [1.82, 2.24) is 4.90 Å². The van der Waals surface area contributed by atoms with Gasteiger partial charge in [-0.2, -0.15) is 0 Å². The number of nitrogens with zero attached hydrogens (tertiary/aromatic N) is 1. The molecule has 0 radical (unpaired) electrons. The molecule has 0 aliphatic carbocycles. The Balaban J connectivity index is 1.81. The predicted molar refractivity (Wildman–Crippen MR) is 110 cm³/mol. The Morgan fingerprint density at radius 1 is 1.14 bits per heavy atom. The van der Waals surface area contributed by atoms with Crippen molar-refractivity contribution >= 4 is 27.3 Å². The number of aryl methyl sites for hydroxylation is 1. The molecule has 3 rings (SSSR count). The first kappa shape index (κ1) is 20.9. The van der Waals surface area contributed by atoms with Gasteiger partial charge in [0, 0.05) is 24.1 Å². The molecule has 1 unspecified atom stereocenters. The van der Waals surface area contributed by atoms with Crippen LogP contribution in [0.25, 0.3) is 0 Å². The number of likely N-dealkylation sites (tertiary alicyclic amines) is 1. The molecule has 2 aromatic rings. The van der Waals surface area contributed by atoms with Crippen LogP contribution in [-0.2, 0) is 14.6 Å². The number of hydrogen-bond donors (Lipinski definition) is 1. The lowest BCUT2D eigenvalue weighted by Gasteiger charge is -2.25. The molecule has 2 aromatic carbocycles. The smallest absolute Gasteiger partial charge is 0.254 e. The lowest BCUT2D eigenvalue weighted by atomic mass is 10.1. The third-order valence-electron chi connectivity index (χ3n) is 5.04. The van der Waals surface area contributed by atoms with E-state index in [1.807, 2.05) is 0 Å². The van der Waals surface area contributed by atoms with Crippen molar-refractivity contribution in [3.8, 4) is 5.75 Å². The number of hydrogen-bond acceptors (Lipinski definition) is 5. The normalized spacial score (nSPS) is 16.5. The van der Waals surface area contributed by atoms with E-state index in [-0.39, 0.29) is 16.7 Å². The van der Waals surface area contributed by atoms with E-state index in [1.54, 1.807) is 44.4 Å². The van der Waals surface area contributed by atoms with Crippen LogP contribution in [0.1, 0.15) is 28.8 Å². The second-order valence-electron chi connectivity index (χ2n) is 7.12. The van der Waals surface area contributed by atoms with Gasteiger partial charge in [0.2, 0.25) is 5.91 Å². The highest BCUT2D eigenvalue weighted by molar-refractivity contribution is 7.90. The molecule has 0 bridgehead atoms. The minimum atomic E-state index is -3.44. The highest BCUT2D eigenvalue weighted by Gasteiger charge is 2.35. The first-order valence-corrected chi connectivity index (χ1v) is 11.2. The Morgan fingerprint density at radius 2 is 1.83 bits per heavy atom. The van der Waals surface area contributed by atoms with Crippen LogP contribution in [0.2, 0.25) is 0 Å². The van der Waals surface area contributed by atoms with E-state index in [1.165, 1.54) is 17.0 Å². The van der Waals surface area contributed by atoms with Crippen LogP contribution in [0.15, 0.2) is 47.4 Å². The number of nitrogens with one attached hydrogen (secondary N) is 1. The molecule has 1 heterocycles. The maximum Gasteiger partial charge on any atom is 0.254 e. The number of rotatable bonds is 5. The van der Waals surface area contributed by atoms with Crippen LogP contribution in [0, 0.1) is 6.92 Å². The molecule has 1 aliphatic rings. The maximum absolute atomic E-state index is 13.1. The molecule has 7 nitrogen and oxygen atoms in total. The summed E-state index contributed by atoms with van der Waals surface area (Å²) in [7, 11) is -1.87. The third kappa shape index (κ3) is 4.59. The van der Waals surface area contributed by atoms with Crippen LogP contribution in [0.4, 0.5) is 5.69 Å². The van der Waals surface area contributed by atoms with Gasteiger partial charge in [-0.15, -0.1) is 0 Å². The van der Waals surface area contributed by atoms with E-state index in [0.717, 1.165) is 6.26 Å². The van der Waals surface area contributed by atoms with Crippen molar-refractivity contribution in [3.63, 3.8) is 0 Å². The number of benzene rings is 2. The fraction of sp³-hybridized carbons (Fsp3) is 0.333. The summed E-state index contributed by atoms with van der Waals surface area (Å²) in [6, 6.07) is 10.8. The van der Waals surface area contributed by atoms with Crippen LogP contribution in [-0.4, -0.2) is 51.1 Å². The zero-order valence-electron chi connectivity index (χ0n) is 16.6. The Hall–Kier alpha value is -2.87. The second kappa shape index (κ2) is 8.24. The number of ether oxygens (including phenoxy) is 1. The Bertz CT molecular complexity index is 1030. The first-order chi connectivity index (χ1) is 13.7. The molecule has 2 amide bonds. The van der Waals surface area contributed by atoms with Gasteiger partial charge in [0.15, 0.2) is 9.84 Å². The summed E-state index contributed by atoms with van der Waals surface area (Å²) in [5.41, 5.74) is 1.59. The molecule has 0 aromatic heterocycles. The molecule has 8 heteroatoms. The summed E-state index contributed by atoms with van der Waals surface area (Å²) in [6.07, 6.45) is 2.36. The molecule has 0 saturated carbocycles.